The zero-order valence-corrected chi connectivity index (χ0v) is 12.0. The van der Waals surface area contributed by atoms with E-state index in [1.54, 1.807) is 0 Å². The highest BCUT2D eigenvalue weighted by molar-refractivity contribution is 5.83. The summed E-state index contributed by atoms with van der Waals surface area (Å²) in [5.74, 6) is 1.90. The molecule has 3 nitrogen and oxygen atoms in total. The van der Waals surface area contributed by atoms with E-state index in [9.17, 15) is 0 Å². The summed E-state index contributed by atoms with van der Waals surface area (Å²) in [7, 11) is 0. The third kappa shape index (κ3) is 3.37. The first-order valence-electron chi connectivity index (χ1n) is 7.02. The normalized spacial score (nSPS) is 10.7. The van der Waals surface area contributed by atoms with Gasteiger partial charge in [0.15, 0.2) is 0 Å². The Hall–Kier alpha value is -1.77. The number of aryl methyl sites for hydroxylation is 1. The van der Waals surface area contributed by atoms with Crippen molar-refractivity contribution in [2.45, 2.75) is 33.6 Å². The minimum Gasteiger partial charge on any atom is -0.494 e. The molecule has 3 heteroatoms. The van der Waals surface area contributed by atoms with Crippen LogP contribution in [0.5, 0.6) is 5.75 Å². The SMILES string of the molecule is CCCNc1nc2ccc(OCCC)cc2cc1C. The molecule has 2 aromatic rings. The van der Waals surface area contributed by atoms with Crippen LogP contribution in [-0.2, 0) is 0 Å². The van der Waals surface area contributed by atoms with E-state index in [1.165, 1.54) is 5.56 Å². The maximum atomic E-state index is 5.65. The predicted molar refractivity (Wildman–Crippen MR) is 81.0 cm³/mol. The second kappa shape index (κ2) is 6.41. The quantitative estimate of drug-likeness (QED) is 0.845. The highest BCUT2D eigenvalue weighted by Crippen LogP contribution is 2.24. The molecule has 19 heavy (non-hydrogen) atoms. The van der Waals surface area contributed by atoms with E-state index in [0.29, 0.717) is 0 Å². The molecule has 0 bridgehead atoms. The smallest absolute Gasteiger partial charge is 0.129 e. The minimum atomic E-state index is 0.758. The van der Waals surface area contributed by atoms with Gasteiger partial charge in [-0.1, -0.05) is 13.8 Å². The first kappa shape index (κ1) is 13.7. The number of nitrogens with one attached hydrogen (secondary N) is 1. The monoisotopic (exact) mass is 258 g/mol. The molecule has 0 spiro atoms. The summed E-state index contributed by atoms with van der Waals surface area (Å²) >= 11 is 0. The number of hydrogen-bond donors (Lipinski definition) is 1. The fraction of sp³-hybridized carbons (Fsp3) is 0.438. The van der Waals surface area contributed by atoms with E-state index in [2.05, 4.69) is 43.2 Å². The molecule has 0 saturated carbocycles. The molecule has 2 rings (SSSR count). The summed E-state index contributed by atoms with van der Waals surface area (Å²) in [5, 5.41) is 4.49. The van der Waals surface area contributed by atoms with Gasteiger partial charge in [0.2, 0.25) is 0 Å². The zero-order chi connectivity index (χ0) is 13.7. The van der Waals surface area contributed by atoms with Crippen molar-refractivity contribution in [2.24, 2.45) is 0 Å². The molecular formula is C16H22N2O. The first-order valence-corrected chi connectivity index (χ1v) is 7.02. The van der Waals surface area contributed by atoms with Crippen molar-refractivity contribution >= 4 is 16.7 Å². The fourth-order valence-corrected chi connectivity index (χ4v) is 1.99. The van der Waals surface area contributed by atoms with Crippen LogP contribution in [0.3, 0.4) is 0 Å². The molecule has 1 aromatic carbocycles. The molecule has 1 aromatic heterocycles. The lowest BCUT2D eigenvalue weighted by molar-refractivity contribution is 0.318. The molecule has 0 aliphatic rings. The summed E-state index contributed by atoms with van der Waals surface area (Å²) in [4.78, 5) is 4.67. The van der Waals surface area contributed by atoms with Gasteiger partial charge in [-0.2, -0.15) is 0 Å². The molecule has 1 heterocycles. The van der Waals surface area contributed by atoms with Crippen LogP contribution in [0.15, 0.2) is 24.3 Å². The van der Waals surface area contributed by atoms with Gasteiger partial charge in [-0.15, -0.1) is 0 Å². The molecule has 102 valence electrons. The number of fused-ring (bicyclic) bond motifs is 1. The molecule has 0 aliphatic heterocycles. The van der Waals surface area contributed by atoms with Crippen LogP contribution < -0.4 is 10.1 Å². The molecular weight excluding hydrogens is 236 g/mol. The van der Waals surface area contributed by atoms with Gasteiger partial charge in [0.1, 0.15) is 11.6 Å². The van der Waals surface area contributed by atoms with Crippen molar-refractivity contribution in [1.29, 1.82) is 0 Å². The highest BCUT2D eigenvalue weighted by atomic mass is 16.5. The lowest BCUT2D eigenvalue weighted by atomic mass is 10.1. The maximum Gasteiger partial charge on any atom is 0.129 e. The topological polar surface area (TPSA) is 34.2 Å². The molecule has 0 amide bonds. The van der Waals surface area contributed by atoms with Gasteiger partial charge in [0.25, 0.3) is 0 Å². The lowest BCUT2D eigenvalue weighted by Gasteiger charge is -2.10. The molecule has 1 N–H and O–H groups in total. The van der Waals surface area contributed by atoms with E-state index < -0.39 is 0 Å². The summed E-state index contributed by atoms with van der Waals surface area (Å²) in [6, 6.07) is 8.24. The second-order valence-corrected chi connectivity index (χ2v) is 4.78. The zero-order valence-electron chi connectivity index (χ0n) is 12.0. The number of rotatable bonds is 6. The van der Waals surface area contributed by atoms with Crippen molar-refractivity contribution in [2.75, 3.05) is 18.5 Å². The van der Waals surface area contributed by atoms with Gasteiger partial charge in [-0.05, 0) is 49.6 Å². The van der Waals surface area contributed by atoms with Gasteiger partial charge in [0.05, 0.1) is 12.1 Å². The van der Waals surface area contributed by atoms with Crippen LogP contribution in [0.25, 0.3) is 10.9 Å². The molecule has 0 fully saturated rings. The minimum absolute atomic E-state index is 0.758. The largest absolute Gasteiger partial charge is 0.494 e. The Bertz CT molecular complexity index is 552. The number of ether oxygens (including phenoxy) is 1. The van der Waals surface area contributed by atoms with Crippen LogP contribution in [0.2, 0.25) is 0 Å². The summed E-state index contributed by atoms with van der Waals surface area (Å²) in [5.41, 5.74) is 2.18. The van der Waals surface area contributed by atoms with E-state index in [-0.39, 0.29) is 0 Å². The lowest BCUT2D eigenvalue weighted by Crippen LogP contribution is -2.04. The Morgan fingerprint density at radius 1 is 1.16 bits per heavy atom. The van der Waals surface area contributed by atoms with E-state index in [4.69, 9.17) is 4.74 Å². The van der Waals surface area contributed by atoms with Gasteiger partial charge in [-0.25, -0.2) is 4.98 Å². The Morgan fingerprint density at radius 2 is 2.00 bits per heavy atom. The molecule has 0 unspecified atom stereocenters. The van der Waals surface area contributed by atoms with E-state index in [1.807, 2.05) is 12.1 Å². The van der Waals surface area contributed by atoms with Gasteiger partial charge in [-0.3, -0.25) is 0 Å². The third-order valence-electron chi connectivity index (χ3n) is 2.99. The van der Waals surface area contributed by atoms with Crippen molar-refractivity contribution < 1.29 is 4.74 Å². The van der Waals surface area contributed by atoms with E-state index >= 15 is 0 Å². The van der Waals surface area contributed by atoms with Gasteiger partial charge in [0, 0.05) is 11.9 Å². The number of aromatic nitrogens is 1. The Kier molecular flexibility index (Phi) is 4.61. The van der Waals surface area contributed by atoms with Crippen LogP contribution in [0, 0.1) is 6.92 Å². The average Bonchev–Trinajstić information content (AvgIpc) is 2.42. The van der Waals surface area contributed by atoms with Crippen LogP contribution in [-0.4, -0.2) is 18.1 Å². The van der Waals surface area contributed by atoms with Gasteiger partial charge >= 0.3 is 0 Å². The van der Waals surface area contributed by atoms with Crippen molar-refractivity contribution in [1.82, 2.24) is 4.98 Å². The van der Waals surface area contributed by atoms with Crippen LogP contribution >= 0.6 is 0 Å². The third-order valence-corrected chi connectivity index (χ3v) is 2.99. The van der Waals surface area contributed by atoms with Crippen molar-refractivity contribution in [3.63, 3.8) is 0 Å². The Balaban J connectivity index is 2.29. The summed E-state index contributed by atoms with van der Waals surface area (Å²) < 4.78 is 5.65. The number of anilines is 1. The van der Waals surface area contributed by atoms with Crippen molar-refractivity contribution in [3.05, 3.63) is 29.8 Å². The standard InChI is InChI=1S/C16H22N2O/c1-4-8-17-16-12(3)10-13-11-14(19-9-5-2)6-7-15(13)18-16/h6-7,10-11H,4-5,8-9H2,1-3H3,(H,17,18). The molecule has 0 radical (unpaired) electrons. The Morgan fingerprint density at radius 3 is 2.74 bits per heavy atom. The average molecular weight is 258 g/mol. The predicted octanol–water partition coefficient (Wildman–Crippen LogP) is 4.15. The first-order chi connectivity index (χ1) is 9.24. The number of nitrogens with zero attached hydrogens (tertiary/aromatic N) is 1. The maximum absolute atomic E-state index is 5.65. The van der Waals surface area contributed by atoms with Crippen LogP contribution in [0.4, 0.5) is 5.82 Å². The van der Waals surface area contributed by atoms with Crippen molar-refractivity contribution in [3.8, 4) is 5.75 Å². The number of pyridine rings is 1. The highest BCUT2D eigenvalue weighted by Gasteiger charge is 2.04. The van der Waals surface area contributed by atoms with Crippen LogP contribution in [0.1, 0.15) is 32.3 Å². The van der Waals surface area contributed by atoms with Gasteiger partial charge < -0.3 is 10.1 Å². The molecule has 0 atom stereocenters. The molecule has 0 saturated heterocycles. The fourth-order valence-electron chi connectivity index (χ4n) is 1.99. The molecule has 0 aliphatic carbocycles. The number of benzene rings is 1. The van der Waals surface area contributed by atoms with E-state index in [0.717, 1.165) is 48.5 Å². The number of hydrogen-bond acceptors (Lipinski definition) is 3. The summed E-state index contributed by atoms with van der Waals surface area (Å²) in [6.07, 6.45) is 2.12. The Labute approximate surface area is 115 Å². The summed E-state index contributed by atoms with van der Waals surface area (Å²) in [6.45, 7) is 8.06. The second-order valence-electron chi connectivity index (χ2n) is 4.78.